The van der Waals surface area contributed by atoms with Crippen molar-refractivity contribution >= 4 is 45.0 Å². The molecule has 37 heavy (non-hydrogen) atoms. The third kappa shape index (κ3) is 4.61. The molecule has 0 radical (unpaired) electrons. The van der Waals surface area contributed by atoms with Gasteiger partial charge in [0.25, 0.3) is 0 Å². The van der Waals surface area contributed by atoms with E-state index in [1.807, 2.05) is 24.3 Å². The number of hydrogen-bond donors (Lipinski definition) is 1. The third-order valence-electron chi connectivity index (χ3n) is 7.17. The molecule has 0 bridgehead atoms. The van der Waals surface area contributed by atoms with Gasteiger partial charge < -0.3 is 14.4 Å². The highest BCUT2D eigenvalue weighted by Gasteiger charge is 2.27. The average molecular weight is 514 g/mol. The zero-order valence-electron chi connectivity index (χ0n) is 20.7. The normalized spacial score (nSPS) is 16.4. The van der Waals surface area contributed by atoms with Crippen LogP contribution in [0.3, 0.4) is 0 Å². The van der Waals surface area contributed by atoms with E-state index in [4.69, 9.17) is 16.1 Å². The predicted octanol–water partition coefficient (Wildman–Crippen LogP) is 6.37. The Kier molecular flexibility index (Phi) is 6.40. The van der Waals surface area contributed by atoms with E-state index in [0.29, 0.717) is 29.8 Å². The summed E-state index contributed by atoms with van der Waals surface area (Å²) in [6, 6.07) is 22.1. The minimum Gasteiger partial charge on any atom is -0.341 e. The molecule has 7 nitrogen and oxygen atoms in total. The molecule has 188 valence electrons. The van der Waals surface area contributed by atoms with Gasteiger partial charge in [0, 0.05) is 46.1 Å². The molecule has 1 fully saturated rings. The standard InChI is InChI=1S/C29H28ClN5O2/c1-2-35-25-12-6-4-9-21(25)23-16-20(13-14-26(23)35)31-29(36)19-8-7-15-34(17-19)18-27-32-28(33-37-27)22-10-3-5-11-24(22)30/h3-6,9-14,16,19H,2,7-8,15,17-18H2,1H3,(H,31,36). The van der Waals surface area contributed by atoms with Crippen molar-refractivity contribution in [3.05, 3.63) is 77.6 Å². The fourth-order valence-electron chi connectivity index (χ4n) is 5.39. The highest BCUT2D eigenvalue weighted by atomic mass is 35.5. The van der Waals surface area contributed by atoms with Crippen molar-refractivity contribution in [1.29, 1.82) is 0 Å². The van der Waals surface area contributed by atoms with E-state index in [0.717, 1.165) is 42.6 Å². The quantitative estimate of drug-likeness (QED) is 0.285. The lowest BCUT2D eigenvalue weighted by molar-refractivity contribution is -0.121. The lowest BCUT2D eigenvalue weighted by Crippen LogP contribution is -2.40. The number of rotatable bonds is 6. The highest BCUT2D eigenvalue weighted by Crippen LogP contribution is 2.31. The van der Waals surface area contributed by atoms with Crippen LogP contribution in [0.2, 0.25) is 5.02 Å². The van der Waals surface area contributed by atoms with Crippen molar-refractivity contribution in [1.82, 2.24) is 19.6 Å². The molecule has 1 atom stereocenters. The van der Waals surface area contributed by atoms with Gasteiger partial charge in [-0.25, -0.2) is 0 Å². The van der Waals surface area contributed by atoms with Crippen LogP contribution >= 0.6 is 11.6 Å². The lowest BCUT2D eigenvalue weighted by atomic mass is 9.97. The first kappa shape index (κ1) is 23.7. The van der Waals surface area contributed by atoms with Gasteiger partial charge in [-0.15, -0.1) is 0 Å². The Morgan fingerprint density at radius 3 is 2.76 bits per heavy atom. The van der Waals surface area contributed by atoms with Gasteiger partial charge in [0.2, 0.25) is 17.6 Å². The number of hydrogen-bond acceptors (Lipinski definition) is 5. The van der Waals surface area contributed by atoms with Crippen LogP contribution in [-0.4, -0.2) is 38.6 Å². The van der Waals surface area contributed by atoms with E-state index in [2.05, 4.69) is 68.2 Å². The summed E-state index contributed by atoms with van der Waals surface area (Å²) in [5, 5.41) is 10.2. The van der Waals surface area contributed by atoms with Gasteiger partial charge >= 0.3 is 0 Å². The Balaban J connectivity index is 1.15. The van der Waals surface area contributed by atoms with E-state index in [1.54, 1.807) is 6.07 Å². The fraction of sp³-hybridized carbons (Fsp3) is 0.276. The summed E-state index contributed by atoms with van der Waals surface area (Å²) in [7, 11) is 0. The van der Waals surface area contributed by atoms with Crippen molar-refractivity contribution in [2.24, 2.45) is 5.92 Å². The van der Waals surface area contributed by atoms with Gasteiger partial charge in [0.15, 0.2) is 0 Å². The monoisotopic (exact) mass is 513 g/mol. The zero-order chi connectivity index (χ0) is 25.4. The SMILES string of the molecule is CCn1c2ccccc2c2cc(NC(=O)C3CCCN(Cc4nc(-c5ccccc5Cl)no4)C3)ccc21. The Morgan fingerprint density at radius 2 is 1.89 bits per heavy atom. The second-order valence-corrected chi connectivity index (χ2v) is 9.96. The molecule has 0 saturated carbocycles. The molecule has 3 heterocycles. The first-order valence-electron chi connectivity index (χ1n) is 12.7. The number of carbonyl (C=O) groups excluding carboxylic acids is 1. The fourth-order valence-corrected chi connectivity index (χ4v) is 5.61. The predicted molar refractivity (Wildman–Crippen MR) is 146 cm³/mol. The maximum Gasteiger partial charge on any atom is 0.241 e. The first-order chi connectivity index (χ1) is 18.1. The van der Waals surface area contributed by atoms with Crippen LogP contribution in [-0.2, 0) is 17.9 Å². The smallest absolute Gasteiger partial charge is 0.241 e. The summed E-state index contributed by atoms with van der Waals surface area (Å²) in [5.74, 6) is 0.943. The van der Waals surface area contributed by atoms with Crippen LogP contribution < -0.4 is 5.32 Å². The molecular weight excluding hydrogens is 486 g/mol. The summed E-state index contributed by atoms with van der Waals surface area (Å²) in [4.78, 5) is 20.0. The van der Waals surface area contributed by atoms with E-state index in [9.17, 15) is 4.79 Å². The number of benzene rings is 3. The average Bonchev–Trinajstić information content (AvgIpc) is 3.51. The number of aryl methyl sites for hydroxylation is 1. The number of nitrogens with zero attached hydrogens (tertiary/aromatic N) is 4. The van der Waals surface area contributed by atoms with Crippen LogP contribution in [0.15, 0.2) is 71.3 Å². The molecule has 0 spiro atoms. The molecule has 0 aliphatic carbocycles. The first-order valence-corrected chi connectivity index (χ1v) is 13.1. The van der Waals surface area contributed by atoms with Gasteiger partial charge in [-0.2, -0.15) is 4.98 Å². The van der Waals surface area contributed by atoms with Crippen LogP contribution in [0.1, 0.15) is 25.7 Å². The molecular formula is C29H28ClN5O2. The van der Waals surface area contributed by atoms with Gasteiger partial charge in [-0.1, -0.05) is 47.1 Å². The minimum absolute atomic E-state index is 0.0468. The Labute approximate surface area is 220 Å². The minimum atomic E-state index is -0.104. The van der Waals surface area contributed by atoms with E-state index < -0.39 is 0 Å². The molecule has 5 aromatic rings. The second kappa shape index (κ2) is 10.00. The third-order valence-corrected chi connectivity index (χ3v) is 7.50. The maximum atomic E-state index is 13.2. The molecule has 1 amide bonds. The summed E-state index contributed by atoms with van der Waals surface area (Å²) in [5.41, 5.74) is 3.97. The number of fused-ring (bicyclic) bond motifs is 3. The highest BCUT2D eigenvalue weighted by molar-refractivity contribution is 6.33. The van der Waals surface area contributed by atoms with Crippen molar-refractivity contribution in [2.75, 3.05) is 18.4 Å². The van der Waals surface area contributed by atoms with E-state index in [-0.39, 0.29) is 11.8 Å². The molecule has 6 rings (SSSR count). The number of nitrogens with one attached hydrogen (secondary N) is 1. The van der Waals surface area contributed by atoms with Crippen molar-refractivity contribution in [2.45, 2.75) is 32.9 Å². The van der Waals surface area contributed by atoms with Gasteiger partial charge in [-0.3, -0.25) is 9.69 Å². The summed E-state index contributed by atoms with van der Waals surface area (Å²) in [6.45, 7) is 5.09. The Bertz CT molecular complexity index is 1590. The molecule has 1 N–H and O–H groups in total. The topological polar surface area (TPSA) is 76.2 Å². The van der Waals surface area contributed by atoms with Gasteiger partial charge in [0.1, 0.15) is 0 Å². The molecule has 2 aromatic heterocycles. The summed E-state index contributed by atoms with van der Waals surface area (Å²) < 4.78 is 7.80. The largest absolute Gasteiger partial charge is 0.341 e. The molecule has 8 heteroatoms. The molecule has 3 aromatic carbocycles. The number of aromatic nitrogens is 3. The molecule has 1 saturated heterocycles. The van der Waals surface area contributed by atoms with Crippen molar-refractivity contribution in [3.63, 3.8) is 0 Å². The van der Waals surface area contributed by atoms with E-state index >= 15 is 0 Å². The number of halogens is 1. The Hall–Kier alpha value is -3.68. The lowest BCUT2D eigenvalue weighted by Gasteiger charge is -2.30. The summed E-state index contributed by atoms with van der Waals surface area (Å²) in [6.07, 6.45) is 1.79. The Morgan fingerprint density at radius 1 is 1.08 bits per heavy atom. The second-order valence-electron chi connectivity index (χ2n) is 9.55. The zero-order valence-corrected chi connectivity index (χ0v) is 21.4. The van der Waals surface area contributed by atoms with Crippen molar-refractivity contribution in [3.8, 4) is 11.4 Å². The molecule has 1 unspecified atom stereocenters. The van der Waals surface area contributed by atoms with Crippen molar-refractivity contribution < 1.29 is 9.32 Å². The van der Waals surface area contributed by atoms with Gasteiger partial charge in [-0.05, 0) is 62.7 Å². The number of likely N-dealkylation sites (tertiary alicyclic amines) is 1. The van der Waals surface area contributed by atoms with Crippen LogP contribution in [0, 0.1) is 5.92 Å². The van der Waals surface area contributed by atoms with Gasteiger partial charge in [0.05, 0.1) is 17.5 Å². The van der Waals surface area contributed by atoms with Crippen LogP contribution in [0.4, 0.5) is 5.69 Å². The molecule has 1 aliphatic rings. The van der Waals surface area contributed by atoms with Crippen LogP contribution in [0.5, 0.6) is 0 Å². The summed E-state index contributed by atoms with van der Waals surface area (Å²) >= 11 is 6.27. The van der Waals surface area contributed by atoms with Crippen LogP contribution in [0.25, 0.3) is 33.2 Å². The molecule has 1 aliphatic heterocycles. The maximum absolute atomic E-state index is 13.2. The number of piperidine rings is 1. The number of para-hydroxylation sites is 1. The number of anilines is 1. The number of amides is 1. The number of carbonyl (C=O) groups is 1. The van der Waals surface area contributed by atoms with E-state index in [1.165, 1.54) is 16.4 Å².